The van der Waals surface area contributed by atoms with Crippen molar-refractivity contribution in [1.29, 1.82) is 0 Å². The number of benzene rings is 2. The molecule has 2 saturated heterocycles. The Labute approximate surface area is 188 Å². The molecule has 4 rings (SSSR count). The number of methoxy groups -OCH3 is 1. The number of carbonyl (C=O) groups is 1. The Balaban J connectivity index is 1.42. The molecule has 2 fully saturated rings. The molecule has 2 aliphatic rings. The van der Waals surface area contributed by atoms with Gasteiger partial charge in [-0.1, -0.05) is 28.1 Å². The molecule has 3 N–H and O–H groups in total. The Kier molecular flexibility index (Phi) is 6.18. The third-order valence-corrected chi connectivity index (χ3v) is 7.28. The van der Waals surface area contributed by atoms with E-state index in [2.05, 4.69) is 66.3 Å². The minimum absolute atomic E-state index is 0.103. The van der Waals surface area contributed by atoms with E-state index in [0.717, 1.165) is 23.9 Å². The second-order valence-corrected chi connectivity index (χ2v) is 9.67. The fourth-order valence-electron chi connectivity index (χ4n) is 4.63. The number of nitrogens with two attached hydrogens (primary N) is 1. The molecule has 0 radical (unpaired) electrons. The number of fused-ring (bicyclic) bond motifs is 2. The normalized spacial score (nSPS) is 23.8. The fraction of sp³-hybridized carbons (Fsp3) is 0.409. The van der Waals surface area contributed by atoms with Gasteiger partial charge in [0.25, 0.3) is 5.91 Å². The molecule has 5 nitrogen and oxygen atoms in total. The topological polar surface area (TPSA) is 67.6 Å². The Morgan fingerprint density at radius 1 is 1.17 bits per heavy atom. The number of ether oxygens (including phenoxy) is 1. The number of nitrogen functional groups attached to an aromatic ring is 1. The first kappa shape index (κ1) is 20.7. The van der Waals surface area contributed by atoms with Gasteiger partial charge in [-0.25, -0.2) is 0 Å². The number of carbonyl (C=O) groups excluding carboxylic acids is 1. The van der Waals surface area contributed by atoms with Gasteiger partial charge in [-0.15, -0.1) is 0 Å². The number of hydrogen-bond donors (Lipinski definition) is 2. The number of nitrogens with one attached hydrogen (secondary N) is 1. The number of halogens is 2. The minimum atomic E-state index is -0.103. The van der Waals surface area contributed by atoms with Crippen molar-refractivity contribution in [3.63, 3.8) is 0 Å². The SMILES string of the molecule is COc1cc(N)c(Br)cc1C(=O)NC1CC2CCC(C1)N2Cc1ccc(Br)cc1. The second-order valence-electron chi connectivity index (χ2n) is 7.90. The van der Waals surface area contributed by atoms with E-state index in [-0.39, 0.29) is 11.9 Å². The zero-order valence-electron chi connectivity index (χ0n) is 16.3. The van der Waals surface area contributed by atoms with Gasteiger partial charge in [-0.2, -0.15) is 0 Å². The van der Waals surface area contributed by atoms with E-state index >= 15 is 0 Å². The van der Waals surface area contributed by atoms with Crippen molar-refractivity contribution in [1.82, 2.24) is 10.2 Å². The summed E-state index contributed by atoms with van der Waals surface area (Å²) >= 11 is 6.91. The number of hydrogen-bond acceptors (Lipinski definition) is 4. The van der Waals surface area contributed by atoms with Crippen molar-refractivity contribution in [2.75, 3.05) is 12.8 Å². The van der Waals surface area contributed by atoms with Gasteiger partial charge in [0.05, 0.1) is 12.7 Å². The van der Waals surface area contributed by atoms with Gasteiger partial charge in [-0.3, -0.25) is 9.69 Å². The number of nitrogens with zero attached hydrogens (tertiary/aromatic N) is 1. The largest absolute Gasteiger partial charge is 0.496 e. The molecule has 2 bridgehead atoms. The van der Waals surface area contributed by atoms with Crippen LogP contribution in [0, 0.1) is 0 Å². The molecule has 0 aromatic heterocycles. The third-order valence-electron chi connectivity index (χ3n) is 6.06. The molecule has 2 aromatic rings. The quantitative estimate of drug-likeness (QED) is 0.557. The fourth-order valence-corrected chi connectivity index (χ4v) is 5.24. The van der Waals surface area contributed by atoms with E-state index in [1.54, 1.807) is 19.2 Å². The van der Waals surface area contributed by atoms with Crippen molar-refractivity contribution >= 4 is 43.5 Å². The summed E-state index contributed by atoms with van der Waals surface area (Å²) in [6.07, 6.45) is 4.36. The summed E-state index contributed by atoms with van der Waals surface area (Å²) in [5.74, 6) is 0.396. The third kappa shape index (κ3) is 4.47. The zero-order valence-corrected chi connectivity index (χ0v) is 19.5. The molecular weight excluding hydrogens is 498 g/mol. The number of rotatable bonds is 5. The number of anilines is 1. The molecule has 0 saturated carbocycles. The smallest absolute Gasteiger partial charge is 0.255 e. The zero-order chi connectivity index (χ0) is 20.5. The first-order valence-electron chi connectivity index (χ1n) is 9.88. The number of piperidine rings is 1. The van der Waals surface area contributed by atoms with Crippen LogP contribution in [0.1, 0.15) is 41.6 Å². The van der Waals surface area contributed by atoms with E-state index in [1.165, 1.54) is 18.4 Å². The van der Waals surface area contributed by atoms with Crippen LogP contribution in [-0.2, 0) is 6.54 Å². The van der Waals surface area contributed by atoms with Gasteiger partial charge in [0.1, 0.15) is 5.75 Å². The highest BCUT2D eigenvalue weighted by molar-refractivity contribution is 9.10. The van der Waals surface area contributed by atoms with Gasteiger partial charge in [-0.05, 0) is 65.4 Å². The van der Waals surface area contributed by atoms with Gasteiger partial charge >= 0.3 is 0 Å². The molecular formula is C22H25Br2N3O2. The summed E-state index contributed by atoms with van der Waals surface area (Å²) in [6, 6.07) is 13.2. The molecule has 29 heavy (non-hydrogen) atoms. The van der Waals surface area contributed by atoms with Crippen LogP contribution in [-0.4, -0.2) is 36.0 Å². The van der Waals surface area contributed by atoms with Crippen LogP contribution >= 0.6 is 31.9 Å². The maximum Gasteiger partial charge on any atom is 0.255 e. The number of amides is 1. The molecule has 2 unspecified atom stereocenters. The maximum absolute atomic E-state index is 12.9. The molecule has 2 aromatic carbocycles. The van der Waals surface area contributed by atoms with Gasteiger partial charge < -0.3 is 15.8 Å². The van der Waals surface area contributed by atoms with Crippen LogP contribution in [0.3, 0.4) is 0 Å². The Morgan fingerprint density at radius 3 is 2.45 bits per heavy atom. The monoisotopic (exact) mass is 521 g/mol. The predicted octanol–water partition coefficient (Wildman–Crippen LogP) is 4.73. The lowest BCUT2D eigenvalue weighted by molar-refractivity contribution is 0.0825. The summed E-state index contributed by atoms with van der Waals surface area (Å²) in [5, 5.41) is 3.24. The van der Waals surface area contributed by atoms with Crippen LogP contribution in [0.2, 0.25) is 0 Å². The van der Waals surface area contributed by atoms with Gasteiger partial charge in [0.15, 0.2) is 0 Å². The van der Waals surface area contributed by atoms with E-state index in [4.69, 9.17) is 10.5 Å². The van der Waals surface area contributed by atoms with E-state index in [9.17, 15) is 4.79 Å². The van der Waals surface area contributed by atoms with Gasteiger partial charge in [0, 0.05) is 45.4 Å². The van der Waals surface area contributed by atoms with Crippen LogP contribution in [0.25, 0.3) is 0 Å². The molecule has 154 valence electrons. The average Bonchev–Trinajstić information content (AvgIpc) is 2.93. The van der Waals surface area contributed by atoms with Crippen LogP contribution < -0.4 is 15.8 Å². The molecule has 0 aliphatic carbocycles. The maximum atomic E-state index is 12.9. The van der Waals surface area contributed by atoms with Gasteiger partial charge in [0.2, 0.25) is 0 Å². The lowest BCUT2D eigenvalue weighted by atomic mass is 9.96. The van der Waals surface area contributed by atoms with E-state index in [0.29, 0.717) is 33.6 Å². The van der Waals surface area contributed by atoms with Crippen molar-refractivity contribution in [2.45, 2.75) is 50.4 Å². The Hall–Kier alpha value is -1.57. The molecule has 2 heterocycles. The van der Waals surface area contributed by atoms with Crippen molar-refractivity contribution in [3.05, 3.63) is 56.5 Å². The first-order chi connectivity index (χ1) is 13.9. The summed E-state index contributed by atoms with van der Waals surface area (Å²) < 4.78 is 7.17. The summed E-state index contributed by atoms with van der Waals surface area (Å²) in [5.41, 5.74) is 8.32. The van der Waals surface area contributed by atoms with Crippen LogP contribution in [0.4, 0.5) is 5.69 Å². The lowest BCUT2D eigenvalue weighted by Crippen LogP contribution is -2.50. The summed E-state index contributed by atoms with van der Waals surface area (Å²) in [4.78, 5) is 15.5. The Bertz CT molecular complexity index is 890. The van der Waals surface area contributed by atoms with Crippen LogP contribution in [0.5, 0.6) is 5.75 Å². The molecule has 2 aliphatic heterocycles. The molecule has 0 spiro atoms. The molecule has 2 atom stereocenters. The Morgan fingerprint density at radius 2 is 1.83 bits per heavy atom. The summed E-state index contributed by atoms with van der Waals surface area (Å²) in [7, 11) is 1.56. The standard InChI is InChI=1S/C22H25Br2N3O2/c1-29-21-11-20(25)19(24)10-18(21)22(28)26-15-8-16-6-7-17(9-15)27(16)12-13-2-4-14(23)5-3-13/h2-5,10-11,15-17H,6-9,12,25H2,1H3,(H,26,28). The summed E-state index contributed by atoms with van der Waals surface area (Å²) in [6.45, 7) is 0.974. The highest BCUT2D eigenvalue weighted by atomic mass is 79.9. The highest BCUT2D eigenvalue weighted by Gasteiger charge is 2.41. The first-order valence-corrected chi connectivity index (χ1v) is 11.5. The molecule has 1 amide bonds. The molecule has 7 heteroatoms. The van der Waals surface area contributed by atoms with Crippen LogP contribution in [0.15, 0.2) is 45.3 Å². The second kappa shape index (κ2) is 8.66. The average molecular weight is 523 g/mol. The van der Waals surface area contributed by atoms with E-state index < -0.39 is 0 Å². The van der Waals surface area contributed by atoms with Crippen molar-refractivity contribution < 1.29 is 9.53 Å². The highest BCUT2D eigenvalue weighted by Crippen LogP contribution is 2.37. The lowest BCUT2D eigenvalue weighted by Gasteiger charge is -2.39. The predicted molar refractivity (Wildman–Crippen MR) is 122 cm³/mol. The van der Waals surface area contributed by atoms with E-state index in [1.807, 2.05) is 0 Å². The van der Waals surface area contributed by atoms with Crippen molar-refractivity contribution in [2.24, 2.45) is 0 Å². The van der Waals surface area contributed by atoms with Crippen molar-refractivity contribution in [3.8, 4) is 5.75 Å². The minimum Gasteiger partial charge on any atom is -0.496 e.